The minimum Gasteiger partial charge on any atom is -0.508 e. The van der Waals surface area contributed by atoms with E-state index in [0.29, 0.717) is 28.3 Å². The molecule has 0 unspecified atom stereocenters. The summed E-state index contributed by atoms with van der Waals surface area (Å²) in [5.41, 5.74) is 9.15. The van der Waals surface area contributed by atoms with E-state index in [4.69, 9.17) is 15.2 Å². The minimum absolute atomic E-state index is 0.0549. The molecule has 4 rings (SSSR count). The zero-order valence-corrected chi connectivity index (χ0v) is 15.2. The van der Waals surface area contributed by atoms with Gasteiger partial charge in [0, 0.05) is 34.9 Å². The fraction of sp³-hybridized carbons (Fsp3) is 0.136. The van der Waals surface area contributed by atoms with Gasteiger partial charge in [0.25, 0.3) is 0 Å². The van der Waals surface area contributed by atoms with E-state index in [-0.39, 0.29) is 24.0 Å². The van der Waals surface area contributed by atoms with Crippen LogP contribution < -0.4 is 10.5 Å². The lowest BCUT2D eigenvalue weighted by atomic mass is 9.80. The lowest BCUT2D eigenvalue weighted by molar-refractivity contribution is 0.0525. The zero-order chi connectivity index (χ0) is 19.8. The number of nitrogens with two attached hydrogens (primary N) is 1. The second-order valence-corrected chi connectivity index (χ2v) is 6.55. The van der Waals surface area contributed by atoms with Gasteiger partial charge in [0.05, 0.1) is 12.2 Å². The van der Waals surface area contributed by atoms with Crippen LogP contribution in [0, 0.1) is 0 Å². The molecule has 0 saturated heterocycles. The molecule has 1 heterocycles. The highest BCUT2D eigenvalue weighted by atomic mass is 16.5. The van der Waals surface area contributed by atoms with Gasteiger partial charge in [-0.15, -0.1) is 0 Å². The van der Waals surface area contributed by atoms with Crippen molar-refractivity contribution in [1.29, 1.82) is 0 Å². The Hall–Kier alpha value is -3.67. The Bertz CT molecular complexity index is 1030. The molecule has 4 N–H and O–H groups in total. The number of anilines is 1. The van der Waals surface area contributed by atoms with Crippen LogP contribution in [0.2, 0.25) is 0 Å². The Balaban J connectivity index is 1.98. The van der Waals surface area contributed by atoms with Gasteiger partial charge in [-0.3, -0.25) is 0 Å². The summed E-state index contributed by atoms with van der Waals surface area (Å²) in [6, 6.07) is 14.7. The lowest BCUT2D eigenvalue weighted by Crippen LogP contribution is -2.16. The second kappa shape index (κ2) is 6.81. The number of phenols is 2. The summed E-state index contributed by atoms with van der Waals surface area (Å²) in [6.45, 7) is 2.00. The molecular formula is C22H19NO5. The molecule has 0 radical (unpaired) electrons. The Morgan fingerprint density at radius 3 is 2.14 bits per heavy atom. The number of hydrogen-bond donors (Lipinski definition) is 3. The molecule has 0 spiro atoms. The Morgan fingerprint density at radius 1 is 0.964 bits per heavy atom. The highest BCUT2D eigenvalue weighted by Gasteiger charge is 2.32. The van der Waals surface area contributed by atoms with Crippen LogP contribution in [0.1, 0.15) is 39.9 Å². The van der Waals surface area contributed by atoms with E-state index in [1.165, 1.54) is 12.1 Å². The smallest absolute Gasteiger partial charge is 0.338 e. The summed E-state index contributed by atoms with van der Waals surface area (Å²) in [4.78, 5) is 12.6. The largest absolute Gasteiger partial charge is 0.508 e. The Labute approximate surface area is 161 Å². The normalized spacial score (nSPS) is 12.6. The lowest BCUT2D eigenvalue weighted by Gasteiger charge is -2.30. The summed E-state index contributed by atoms with van der Waals surface area (Å²) in [6.07, 6.45) is 0. The van der Waals surface area contributed by atoms with Gasteiger partial charge in [0.1, 0.15) is 23.0 Å². The molecule has 142 valence electrons. The number of hydrogen-bond acceptors (Lipinski definition) is 6. The summed E-state index contributed by atoms with van der Waals surface area (Å²) in [5, 5.41) is 19.8. The molecule has 1 aliphatic rings. The van der Waals surface area contributed by atoms with E-state index in [2.05, 4.69) is 0 Å². The fourth-order valence-corrected chi connectivity index (χ4v) is 3.54. The third-order valence-corrected chi connectivity index (χ3v) is 4.72. The maximum absolute atomic E-state index is 12.6. The third kappa shape index (κ3) is 2.99. The van der Waals surface area contributed by atoms with Crippen molar-refractivity contribution in [2.24, 2.45) is 0 Å². The number of nitrogen functional groups attached to an aromatic ring is 1. The van der Waals surface area contributed by atoms with Crippen LogP contribution in [0.3, 0.4) is 0 Å². The van der Waals surface area contributed by atoms with Crippen molar-refractivity contribution in [2.45, 2.75) is 12.8 Å². The SMILES string of the molecule is CCOC(=O)c1ccc(N)cc1C1c2ccc(O)cc2Oc2cc(O)ccc21. The Kier molecular flexibility index (Phi) is 4.31. The first kappa shape index (κ1) is 17.7. The molecule has 28 heavy (non-hydrogen) atoms. The first-order valence-corrected chi connectivity index (χ1v) is 8.88. The van der Waals surface area contributed by atoms with E-state index >= 15 is 0 Å². The number of carbonyl (C=O) groups is 1. The van der Waals surface area contributed by atoms with Crippen LogP contribution in [0.15, 0.2) is 54.6 Å². The molecule has 3 aromatic carbocycles. The van der Waals surface area contributed by atoms with Gasteiger partial charge < -0.3 is 25.4 Å². The molecule has 6 nitrogen and oxygen atoms in total. The van der Waals surface area contributed by atoms with Crippen molar-refractivity contribution >= 4 is 11.7 Å². The van der Waals surface area contributed by atoms with Gasteiger partial charge in [-0.1, -0.05) is 12.1 Å². The number of esters is 1. The predicted molar refractivity (Wildman–Crippen MR) is 104 cm³/mol. The van der Waals surface area contributed by atoms with Crippen LogP contribution >= 0.6 is 0 Å². The number of ether oxygens (including phenoxy) is 2. The van der Waals surface area contributed by atoms with E-state index < -0.39 is 5.97 Å². The molecule has 0 saturated carbocycles. The highest BCUT2D eigenvalue weighted by Crippen LogP contribution is 2.50. The van der Waals surface area contributed by atoms with Gasteiger partial charge in [0.15, 0.2) is 0 Å². The first-order valence-electron chi connectivity index (χ1n) is 8.88. The van der Waals surface area contributed by atoms with Gasteiger partial charge in [-0.25, -0.2) is 4.79 Å². The van der Waals surface area contributed by atoms with Crippen molar-refractivity contribution in [2.75, 3.05) is 12.3 Å². The monoisotopic (exact) mass is 377 g/mol. The molecule has 1 aliphatic heterocycles. The molecule has 0 fully saturated rings. The van der Waals surface area contributed by atoms with Crippen LogP contribution in [-0.4, -0.2) is 22.8 Å². The number of rotatable bonds is 3. The minimum atomic E-state index is -0.440. The third-order valence-electron chi connectivity index (χ3n) is 4.72. The van der Waals surface area contributed by atoms with Crippen LogP contribution in [0.4, 0.5) is 5.69 Å². The molecule has 6 heteroatoms. The van der Waals surface area contributed by atoms with Crippen molar-refractivity contribution in [3.8, 4) is 23.0 Å². The van der Waals surface area contributed by atoms with Crippen molar-refractivity contribution in [1.82, 2.24) is 0 Å². The molecule has 0 aliphatic carbocycles. The number of fused-ring (bicyclic) bond motifs is 2. The van der Waals surface area contributed by atoms with Gasteiger partial charge in [-0.2, -0.15) is 0 Å². The van der Waals surface area contributed by atoms with Crippen LogP contribution in [-0.2, 0) is 4.74 Å². The maximum atomic E-state index is 12.6. The highest BCUT2D eigenvalue weighted by molar-refractivity contribution is 5.92. The summed E-state index contributed by atoms with van der Waals surface area (Å²) in [7, 11) is 0. The van der Waals surface area contributed by atoms with E-state index in [0.717, 1.165) is 11.1 Å². The zero-order valence-electron chi connectivity index (χ0n) is 15.2. The Morgan fingerprint density at radius 2 is 1.57 bits per heavy atom. The number of benzene rings is 3. The number of aromatic hydroxyl groups is 2. The molecule has 0 bridgehead atoms. The van der Waals surface area contributed by atoms with Crippen LogP contribution in [0.5, 0.6) is 23.0 Å². The first-order chi connectivity index (χ1) is 13.5. The molecule has 0 atom stereocenters. The second-order valence-electron chi connectivity index (χ2n) is 6.55. The predicted octanol–water partition coefficient (Wildman–Crippen LogP) is 4.14. The maximum Gasteiger partial charge on any atom is 0.338 e. The standard InChI is InChI=1S/C22H19NO5/c1-2-27-22(26)15-6-3-12(23)9-18(15)21-16-7-4-13(24)10-19(16)28-20-11-14(25)5-8-17(20)21/h3-11,21,24-25H,2,23H2,1H3. The van der Waals surface area contributed by atoms with Crippen molar-refractivity contribution < 1.29 is 24.5 Å². The number of phenolic OH excluding ortho intramolecular Hbond substituents is 2. The van der Waals surface area contributed by atoms with E-state index in [1.54, 1.807) is 49.4 Å². The molecule has 0 amide bonds. The van der Waals surface area contributed by atoms with Gasteiger partial charge in [-0.05, 0) is 42.8 Å². The average Bonchev–Trinajstić information content (AvgIpc) is 2.66. The summed E-state index contributed by atoms with van der Waals surface area (Å²) in [5.74, 6) is 0.173. The molecular weight excluding hydrogens is 358 g/mol. The van der Waals surface area contributed by atoms with Crippen molar-refractivity contribution in [3.63, 3.8) is 0 Å². The molecule has 3 aromatic rings. The van der Waals surface area contributed by atoms with Gasteiger partial charge >= 0.3 is 5.97 Å². The van der Waals surface area contributed by atoms with Crippen LogP contribution in [0.25, 0.3) is 0 Å². The fourth-order valence-electron chi connectivity index (χ4n) is 3.54. The van der Waals surface area contributed by atoms with E-state index in [1.807, 2.05) is 0 Å². The molecule has 0 aromatic heterocycles. The quantitative estimate of drug-likeness (QED) is 0.366. The number of carbonyl (C=O) groups excluding carboxylic acids is 1. The topological polar surface area (TPSA) is 102 Å². The van der Waals surface area contributed by atoms with Gasteiger partial charge in [0.2, 0.25) is 0 Å². The summed E-state index contributed by atoms with van der Waals surface area (Å²) < 4.78 is 11.1. The average molecular weight is 377 g/mol. The van der Waals surface area contributed by atoms with Crippen molar-refractivity contribution in [3.05, 3.63) is 76.9 Å². The summed E-state index contributed by atoms with van der Waals surface area (Å²) >= 11 is 0. The van der Waals surface area contributed by atoms with E-state index in [9.17, 15) is 15.0 Å².